The zero-order valence-corrected chi connectivity index (χ0v) is 9.17. The highest BCUT2D eigenvalue weighted by Gasteiger charge is 2.20. The Kier molecular flexibility index (Phi) is 3.19. The van der Waals surface area contributed by atoms with Crippen molar-refractivity contribution in [3.8, 4) is 11.5 Å². The summed E-state index contributed by atoms with van der Waals surface area (Å²) in [5, 5.41) is 9.71. The predicted molar refractivity (Wildman–Crippen MR) is 56.6 cm³/mol. The number of benzene rings is 1. The molecule has 0 heterocycles. The van der Waals surface area contributed by atoms with Gasteiger partial charge in [-0.2, -0.15) is 0 Å². The van der Waals surface area contributed by atoms with Gasteiger partial charge >= 0.3 is 0 Å². The van der Waals surface area contributed by atoms with Crippen LogP contribution in [0.1, 0.15) is 19.4 Å². The molecule has 0 aliphatic carbocycles. The van der Waals surface area contributed by atoms with E-state index in [1.807, 2.05) is 0 Å². The van der Waals surface area contributed by atoms with Crippen molar-refractivity contribution >= 4 is 0 Å². The van der Waals surface area contributed by atoms with E-state index in [1.165, 1.54) is 19.2 Å². The van der Waals surface area contributed by atoms with E-state index in [4.69, 9.17) is 10.5 Å². The van der Waals surface area contributed by atoms with Gasteiger partial charge in [-0.25, -0.2) is 4.39 Å². The first kappa shape index (κ1) is 11.8. The minimum absolute atomic E-state index is 0.170. The number of rotatable bonds is 3. The SMILES string of the molecule is COc1ccc(F)c(CC(C)(C)N)c1O. The summed E-state index contributed by atoms with van der Waals surface area (Å²) in [6.45, 7) is 3.54. The van der Waals surface area contributed by atoms with Crippen LogP contribution in [0.2, 0.25) is 0 Å². The molecule has 4 heteroatoms. The minimum Gasteiger partial charge on any atom is -0.504 e. The Morgan fingerprint density at radius 3 is 2.53 bits per heavy atom. The molecule has 1 rings (SSSR count). The molecule has 0 atom stereocenters. The number of phenolic OH excluding ortho intramolecular Hbond substituents is 1. The molecule has 0 spiro atoms. The standard InChI is InChI=1S/C11H16FNO2/c1-11(2,13)6-7-8(12)4-5-9(15-3)10(7)14/h4-5,14H,6,13H2,1-3H3. The van der Waals surface area contributed by atoms with Crippen LogP contribution in [0.3, 0.4) is 0 Å². The van der Waals surface area contributed by atoms with Gasteiger partial charge in [0, 0.05) is 11.1 Å². The summed E-state index contributed by atoms with van der Waals surface area (Å²) in [5.74, 6) is -0.376. The summed E-state index contributed by atoms with van der Waals surface area (Å²) >= 11 is 0. The Morgan fingerprint density at radius 1 is 1.47 bits per heavy atom. The summed E-state index contributed by atoms with van der Waals surface area (Å²) in [5.41, 5.74) is 5.40. The third-order valence-corrected chi connectivity index (χ3v) is 2.04. The molecule has 0 saturated carbocycles. The van der Waals surface area contributed by atoms with Crippen LogP contribution >= 0.6 is 0 Å². The zero-order chi connectivity index (χ0) is 11.6. The average molecular weight is 213 g/mol. The number of hydrogen-bond donors (Lipinski definition) is 2. The molecule has 84 valence electrons. The summed E-state index contributed by atoms with van der Waals surface area (Å²) in [6, 6.07) is 2.65. The molecule has 3 N–H and O–H groups in total. The van der Waals surface area contributed by atoms with Crippen molar-refractivity contribution in [2.24, 2.45) is 5.73 Å². The molecule has 1 aromatic carbocycles. The van der Waals surface area contributed by atoms with Gasteiger partial charge < -0.3 is 15.6 Å². The highest BCUT2D eigenvalue weighted by molar-refractivity contribution is 5.46. The molecule has 0 radical (unpaired) electrons. The summed E-state index contributed by atoms with van der Waals surface area (Å²) in [6.07, 6.45) is 0.252. The zero-order valence-electron chi connectivity index (χ0n) is 9.17. The van der Waals surface area contributed by atoms with Gasteiger partial charge in [0.05, 0.1) is 7.11 Å². The maximum atomic E-state index is 13.4. The van der Waals surface area contributed by atoms with Crippen LogP contribution in [-0.4, -0.2) is 17.8 Å². The Labute approximate surface area is 88.7 Å². The fourth-order valence-electron chi connectivity index (χ4n) is 1.38. The van der Waals surface area contributed by atoms with E-state index in [1.54, 1.807) is 13.8 Å². The van der Waals surface area contributed by atoms with E-state index in [2.05, 4.69) is 0 Å². The number of hydrogen-bond acceptors (Lipinski definition) is 3. The number of methoxy groups -OCH3 is 1. The van der Waals surface area contributed by atoms with Crippen LogP contribution in [0.15, 0.2) is 12.1 Å². The van der Waals surface area contributed by atoms with Crippen LogP contribution < -0.4 is 10.5 Å². The van der Waals surface area contributed by atoms with E-state index in [9.17, 15) is 9.50 Å². The van der Waals surface area contributed by atoms with Crippen molar-refractivity contribution in [3.05, 3.63) is 23.5 Å². The van der Waals surface area contributed by atoms with Gasteiger partial charge in [-0.15, -0.1) is 0 Å². The lowest BCUT2D eigenvalue weighted by atomic mass is 9.95. The van der Waals surface area contributed by atoms with E-state index in [0.717, 1.165) is 0 Å². The molecule has 0 unspecified atom stereocenters. The molecule has 0 aliphatic heterocycles. The molecule has 0 aromatic heterocycles. The van der Waals surface area contributed by atoms with Gasteiger partial charge in [0.2, 0.25) is 0 Å². The maximum absolute atomic E-state index is 13.4. The quantitative estimate of drug-likeness (QED) is 0.805. The number of phenols is 1. The van der Waals surface area contributed by atoms with Crippen LogP contribution in [-0.2, 0) is 6.42 Å². The Morgan fingerprint density at radius 2 is 2.07 bits per heavy atom. The monoisotopic (exact) mass is 213 g/mol. The second kappa shape index (κ2) is 4.06. The molecule has 1 aromatic rings. The minimum atomic E-state index is -0.579. The van der Waals surface area contributed by atoms with Crippen molar-refractivity contribution in [2.75, 3.05) is 7.11 Å². The van der Waals surface area contributed by atoms with Crippen LogP contribution in [0.5, 0.6) is 11.5 Å². The third kappa shape index (κ3) is 2.83. The first-order chi connectivity index (χ1) is 6.85. The summed E-state index contributed by atoms with van der Waals surface area (Å²) in [4.78, 5) is 0. The molecule has 0 fully saturated rings. The van der Waals surface area contributed by atoms with E-state index in [-0.39, 0.29) is 23.5 Å². The van der Waals surface area contributed by atoms with Gasteiger partial charge in [0.15, 0.2) is 11.5 Å². The second-order valence-corrected chi connectivity index (χ2v) is 4.24. The lowest BCUT2D eigenvalue weighted by Gasteiger charge is -2.20. The molecule has 0 saturated heterocycles. The number of ether oxygens (including phenoxy) is 1. The fourth-order valence-corrected chi connectivity index (χ4v) is 1.38. The van der Waals surface area contributed by atoms with E-state index < -0.39 is 11.4 Å². The van der Waals surface area contributed by atoms with E-state index in [0.29, 0.717) is 0 Å². The lowest BCUT2D eigenvalue weighted by Crippen LogP contribution is -2.34. The fraction of sp³-hybridized carbons (Fsp3) is 0.455. The molecular formula is C11H16FNO2. The van der Waals surface area contributed by atoms with Gasteiger partial charge in [0.25, 0.3) is 0 Å². The highest BCUT2D eigenvalue weighted by Crippen LogP contribution is 2.33. The molecular weight excluding hydrogens is 197 g/mol. The number of aromatic hydroxyl groups is 1. The molecule has 0 bridgehead atoms. The van der Waals surface area contributed by atoms with Gasteiger partial charge in [-0.3, -0.25) is 0 Å². The molecule has 0 aliphatic rings. The smallest absolute Gasteiger partial charge is 0.163 e. The van der Waals surface area contributed by atoms with Crippen molar-refractivity contribution in [1.29, 1.82) is 0 Å². The van der Waals surface area contributed by atoms with Crippen LogP contribution in [0.4, 0.5) is 4.39 Å². The Bertz CT molecular complexity index is 358. The van der Waals surface area contributed by atoms with Gasteiger partial charge in [0.1, 0.15) is 5.82 Å². The van der Waals surface area contributed by atoms with Gasteiger partial charge in [-0.05, 0) is 32.4 Å². The second-order valence-electron chi connectivity index (χ2n) is 4.24. The molecule has 0 amide bonds. The van der Waals surface area contributed by atoms with Gasteiger partial charge in [-0.1, -0.05) is 0 Å². The first-order valence-electron chi connectivity index (χ1n) is 4.68. The van der Waals surface area contributed by atoms with E-state index >= 15 is 0 Å². The van der Waals surface area contributed by atoms with Crippen LogP contribution in [0.25, 0.3) is 0 Å². The topological polar surface area (TPSA) is 55.5 Å². The number of halogens is 1. The van der Waals surface area contributed by atoms with Crippen molar-refractivity contribution in [1.82, 2.24) is 0 Å². The molecule has 15 heavy (non-hydrogen) atoms. The average Bonchev–Trinajstić information content (AvgIpc) is 2.11. The van der Waals surface area contributed by atoms with Crippen molar-refractivity contribution < 1.29 is 14.2 Å². The van der Waals surface area contributed by atoms with Crippen LogP contribution in [0, 0.1) is 5.82 Å². The maximum Gasteiger partial charge on any atom is 0.163 e. The number of nitrogens with two attached hydrogens (primary N) is 1. The third-order valence-electron chi connectivity index (χ3n) is 2.04. The summed E-state index contributed by atoms with van der Waals surface area (Å²) in [7, 11) is 1.42. The first-order valence-corrected chi connectivity index (χ1v) is 4.68. The predicted octanol–water partition coefficient (Wildman–Crippen LogP) is 1.82. The normalized spacial score (nSPS) is 11.5. The Hall–Kier alpha value is -1.29. The largest absolute Gasteiger partial charge is 0.504 e. The van der Waals surface area contributed by atoms with Crippen molar-refractivity contribution in [2.45, 2.75) is 25.8 Å². The van der Waals surface area contributed by atoms with Crippen molar-refractivity contribution in [3.63, 3.8) is 0 Å². The highest BCUT2D eigenvalue weighted by atomic mass is 19.1. The Balaban J connectivity index is 3.15. The summed E-state index contributed by atoms with van der Waals surface area (Å²) < 4.78 is 18.3. The lowest BCUT2D eigenvalue weighted by molar-refractivity contribution is 0.362. The molecule has 3 nitrogen and oxygen atoms in total.